The maximum Gasteiger partial charge on any atom is 0.407 e. The molecule has 0 fully saturated rings. The Morgan fingerprint density at radius 2 is 1.66 bits per heavy atom. The molecule has 3 aromatic rings. The van der Waals surface area contributed by atoms with Crippen LogP contribution in [0.25, 0.3) is 11.3 Å². The predicted molar refractivity (Wildman–Crippen MR) is 137 cm³/mol. The third-order valence-electron chi connectivity index (χ3n) is 5.08. The van der Waals surface area contributed by atoms with Crippen LogP contribution < -0.4 is 16.0 Å². The summed E-state index contributed by atoms with van der Waals surface area (Å²) in [4.78, 5) is 39.4. The lowest BCUT2D eigenvalue weighted by Gasteiger charge is -2.07. The highest BCUT2D eigenvalue weighted by Crippen LogP contribution is 2.25. The fourth-order valence-corrected chi connectivity index (χ4v) is 3.99. The topological polar surface area (TPSA) is 109 Å². The third kappa shape index (κ3) is 9.58. The number of carbonyl (C=O) groups is 3. The number of nitrogens with one attached hydrogen (secondary N) is 3. The Morgan fingerprint density at radius 1 is 0.914 bits per heavy atom. The van der Waals surface area contributed by atoms with Crippen LogP contribution in [0.15, 0.2) is 60.0 Å². The van der Waals surface area contributed by atoms with Gasteiger partial charge in [0.2, 0.25) is 11.8 Å². The van der Waals surface area contributed by atoms with E-state index < -0.39 is 6.09 Å². The number of carbonyl (C=O) groups excluding carboxylic acids is 3. The molecule has 0 saturated carbocycles. The molecule has 0 aliphatic heterocycles. The van der Waals surface area contributed by atoms with Crippen molar-refractivity contribution in [2.45, 2.75) is 39.2 Å². The van der Waals surface area contributed by atoms with Crippen molar-refractivity contribution in [3.8, 4) is 11.3 Å². The number of nitrogens with zero attached hydrogens (tertiary/aromatic N) is 1. The van der Waals surface area contributed by atoms with Gasteiger partial charge >= 0.3 is 6.09 Å². The molecule has 3 N–H and O–H groups in total. The first-order valence-corrected chi connectivity index (χ1v) is 12.4. The zero-order chi connectivity index (χ0) is 24.9. The summed E-state index contributed by atoms with van der Waals surface area (Å²) in [6.07, 6.45) is 2.03. The second kappa shape index (κ2) is 13.9. The highest BCUT2D eigenvalue weighted by Gasteiger charge is 2.09. The minimum atomic E-state index is -0.502. The van der Waals surface area contributed by atoms with E-state index in [1.54, 1.807) is 0 Å². The fraction of sp³-hybridized carbons (Fsp3) is 0.308. The Bertz CT molecular complexity index is 1100. The molecule has 0 aliphatic rings. The lowest BCUT2D eigenvalue weighted by molar-refractivity contribution is -0.119. The van der Waals surface area contributed by atoms with Crippen LogP contribution in [0.3, 0.4) is 0 Å². The minimum absolute atomic E-state index is 0.0114. The Labute approximate surface area is 209 Å². The third-order valence-corrected chi connectivity index (χ3v) is 5.84. The maximum absolute atomic E-state index is 12.2. The molecule has 0 unspecified atom stereocenters. The van der Waals surface area contributed by atoms with E-state index in [2.05, 4.69) is 33.1 Å². The smallest absolute Gasteiger partial charge is 0.407 e. The summed E-state index contributed by atoms with van der Waals surface area (Å²) in [5.74, 6) is -0.164. The molecule has 9 heteroatoms. The fourth-order valence-electron chi connectivity index (χ4n) is 3.26. The maximum atomic E-state index is 12.2. The first kappa shape index (κ1) is 25.9. The van der Waals surface area contributed by atoms with E-state index in [0.717, 1.165) is 29.7 Å². The molecule has 184 valence electrons. The highest BCUT2D eigenvalue weighted by molar-refractivity contribution is 7.14. The number of amides is 3. The van der Waals surface area contributed by atoms with Crippen LogP contribution in [-0.4, -0.2) is 36.0 Å². The predicted octanol–water partition coefficient (Wildman–Crippen LogP) is 4.52. The average molecular weight is 495 g/mol. The van der Waals surface area contributed by atoms with Gasteiger partial charge in [-0.2, -0.15) is 0 Å². The quantitative estimate of drug-likeness (QED) is 0.321. The summed E-state index contributed by atoms with van der Waals surface area (Å²) in [6, 6.07) is 17.6. The minimum Gasteiger partial charge on any atom is -0.445 e. The number of anilines is 1. The van der Waals surface area contributed by atoms with Crippen LogP contribution in [0.4, 0.5) is 9.93 Å². The lowest BCUT2D eigenvalue weighted by Crippen LogP contribution is -2.26. The number of aryl methyl sites for hydroxylation is 1. The van der Waals surface area contributed by atoms with Crippen molar-refractivity contribution in [1.82, 2.24) is 15.6 Å². The normalized spacial score (nSPS) is 10.4. The highest BCUT2D eigenvalue weighted by atomic mass is 32.1. The molecule has 0 bridgehead atoms. The van der Waals surface area contributed by atoms with Crippen molar-refractivity contribution in [2.75, 3.05) is 18.4 Å². The molecule has 0 atom stereocenters. The monoisotopic (exact) mass is 494 g/mol. The number of hydrogen-bond donors (Lipinski definition) is 3. The second-order valence-corrected chi connectivity index (χ2v) is 8.82. The van der Waals surface area contributed by atoms with Crippen molar-refractivity contribution in [3.05, 3.63) is 71.1 Å². The Morgan fingerprint density at radius 3 is 2.40 bits per heavy atom. The van der Waals surface area contributed by atoms with Gasteiger partial charge in [-0.1, -0.05) is 54.6 Å². The van der Waals surface area contributed by atoms with Crippen molar-refractivity contribution in [2.24, 2.45) is 0 Å². The zero-order valence-corrected chi connectivity index (χ0v) is 20.5. The van der Waals surface area contributed by atoms with E-state index in [1.807, 2.05) is 47.8 Å². The van der Waals surface area contributed by atoms with Gasteiger partial charge in [-0.15, -0.1) is 11.3 Å². The summed E-state index contributed by atoms with van der Waals surface area (Å²) in [7, 11) is 0. The van der Waals surface area contributed by atoms with E-state index in [1.165, 1.54) is 23.8 Å². The van der Waals surface area contributed by atoms with Gasteiger partial charge in [0.1, 0.15) is 6.61 Å². The number of hydrogen-bond acceptors (Lipinski definition) is 6. The summed E-state index contributed by atoms with van der Waals surface area (Å²) in [5, 5.41) is 10.7. The van der Waals surface area contributed by atoms with Crippen molar-refractivity contribution in [3.63, 3.8) is 0 Å². The van der Waals surface area contributed by atoms with Crippen LogP contribution in [0.1, 0.15) is 37.3 Å². The van der Waals surface area contributed by atoms with Crippen LogP contribution in [-0.2, 0) is 27.4 Å². The van der Waals surface area contributed by atoms with E-state index in [4.69, 9.17) is 4.74 Å². The van der Waals surface area contributed by atoms with Crippen molar-refractivity contribution in [1.29, 1.82) is 0 Å². The van der Waals surface area contributed by atoms with Gasteiger partial charge in [-0.05, 0) is 30.4 Å². The molecule has 0 saturated heterocycles. The summed E-state index contributed by atoms with van der Waals surface area (Å²) in [6.45, 7) is 2.74. The molecular weight excluding hydrogens is 464 g/mol. The Balaban J connectivity index is 1.33. The first-order valence-electron chi connectivity index (χ1n) is 11.5. The number of thiazole rings is 1. The molecule has 1 heterocycles. The van der Waals surface area contributed by atoms with Gasteiger partial charge in [0.25, 0.3) is 0 Å². The number of aromatic nitrogens is 1. The Kier molecular flexibility index (Phi) is 10.3. The van der Waals surface area contributed by atoms with Gasteiger partial charge in [0, 0.05) is 37.4 Å². The zero-order valence-electron chi connectivity index (χ0n) is 19.7. The number of ether oxygens (including phenoxy) is 1. The van der Waals surface area contributed by atoms with Gasteiger partial charge in [0.15, 0.2) is 5.13 Å². The van der Waals surface area contributed by atoms with Gasteiger partial charge < -0.3 is 20.7 Å². The van der Waals surface area contributed by atoms with E-state index in [0.29, 0.717) is 24.6 Å². The van der Waals surface area contributed by atoms with Crippen molar-refractivity contribution < 1.29 is 19.1 Å². The average Bonchev–Trinajstić information content (AvgIpc) is 3.32. The van der Waals surface area contributed by atoms with Crippen LogP contribution in [0.2, 0.25) is 0 Å². The largest absolute Gasteiger partial charge is 0.445 e. The molecule has 0 radical (unpaired) electrons. The molecule has 8 nitrogen and oxygen atoms in total. The molecule has 2 aromatic carbocycles. The summed E-state index contributed by atoms with van der Waals surface area (Å²) < 4.78 is 5.14. The van der Waals surface area contributed by atoms with Crippen molar-refractivity contribution >= 4 is 34.4 Å². The molecule has 35 heavy (non-hydrogen) atoms. The summed E-state index contributed by atoms with van der Waals surface area (Å²) in [5.41, 5.74) is 3.89. The first-order chi connectivity index (χ1) is 17.0. The van der Waals surface area contributed by atoms with Gasteiger partial charge in [-0.25, -0.2) is 9.78 Å². The molecule has 3 rings (SSSR count). The summed E-state index contributed by atoms with van der Waals surface area (Å²) >= 11 is 1.37. The van der Waals surface area contributed by atoms with Crippen LogP contribution >= 0.6 is 11.3 Å². The number of rotatable bonds is 12. The molecule has 3 amide bonds. The second-order valence-electron chi connectivity index (χ2n) is 7.96. The van der Waals surface area contributed by atoms with Gasteiger partial charge in [-0.3, -0.25) is 9.59 Å². The van der Waals surface area contributed by atoms with Crippen LogP contribution in [0, 0.1) is 0 Å². The van der Waals surface area contributed by atoms with Gasteiger partial charge in [0.05, 0.1) is 5.69 Å². The molecular formula is C26H30N4O4S. The van der Waals surface area contributed by atoms with Crippen LogP contribution in [0.5, 0.6) is 0 Å². The number of benzene rings is 2. The standard InChI is InChI=1S/C26H30N4O4S/c1-19(31)27-15-5-9-20-11-13-22(14-12-20)23-18-35-25(29-23)30-24(32)10-6-16-28-26(33)34-17-21-7-3-2-4-8-21/h2-4,7-8,11-14,18H,5-6,9-10,15-17H2,1H3,(H,27,31)(H,28,33)(H,29,30,32). The van der Waals surface area contributed by atoms with E-state index >= 15 is 0 Å². The Hall–Kier alpha value is -3.72. The molecule has 0 spiro atoms. The molecule has 0 aliphatic carbocycles. The SMILES string of the molecule is CC(=O)NCCCc1ccc(-c2csc(NC(=O)CCCNC(=O)OCc3ccccc3)n2)cc1. The number of alkyl carbamates (subject to hydrolysis) is 1. The lowest BCUT2D eigenvalue weighted by atomic mass is 10.1. The van der Waals surface area contributed by atoms with E-state index in [9.17, 15) is 14.4 Å². The molecule has 1 aromatic heterocycles. The van der Waals surface area contributed by atoms with E-state index in [-0.39, 0.29) is 24.8 Å².